The Balaban J connectivity index is 0.000000567. The molecule has 5 rings (SSSR count). The molecule has 0 bridgehead atoms. The SMILES string of the molecule is C.C=C(Cl)CC.CN(Cc1ccc(F)cc1)c1cc2c(cc1C(N)=O)nc(Nc1c(Cl)ccc(CNC(=O)C(C)(C)C)c1Cl)n2C.FC(F)(F)C1CCCCC1. The number of benzene rings is 3. The van der Waals surface area contributed by atoms with Crippen molar-refractivity contribution in [2.24, 2.45) is 24.1 Å². The third-order valence-corrected chi connectivity index (χ3v) is 10.0. The highest BCUT2D eigenvalue weighted by atomic mass is 35.5. The van der Waals surface area contributed by atoms with Gasteiger partial charge < -0.3 is 25.8 Å². The summed E-state index contributed by atoms with van der Waals surface area (Å²) in [5.41, 5.74) is 9.36. The summed E-state index contributed by atoms with van der Waals surface area (Å²) in [6.07, 6.45) is 0.135. The number of alkyl halides is 3. The lowest BCUT2D eigenvalue weighted by Crippen LogP contribution is -2.34. The Morgan fingerprint density at radius 3 is 2.12 bits per heavy atom. The average Bonchev–Trinajstić information content (AvgIpc) is 3.43. The third kappa shape index (κ3) is 13.6. The van der Waals surface area contributed by atoms with Crippen molar-refractivity contribution in [2.75, 3.05) is 17.3 Å². The molecule has 0 aliphatic heterocycles. The Bertz CT molecular complexity index is 1950. The van der Waals surface area contributed by atoms with Crippen LogP contribution in [0.25, 0.3) is 11.0 Å². The summed E-state index contributed by atoms with van der Waals surface area (Å²) in [7, 11) is 3.65. The van der Waals surface area contributed by atoms with Crippen LogP contribution in [0.2, 0.25) is 10.0 Å². The number of nitrogens with two attached hydrogens (primary N) is 1. The molecule has 1 saturated carbocycles. The fourth-order valence-corrected chi connectivity index (χ4v) is 6.16. The zero-order chi connectivity index (χ0) is 41.2. The van der Waals surface area contributed by atoms with E-state index in [2.05, 4.69) is 22.2 Å². The van der Waals surface area contributed by atoms with Gasteiger partial charge in [-0.3, -0.25) is 9.59 Å². The molecule has 1 aliphatic carbocycles. The maximum absolute atomic E-state index is 13.4. The molecule has 4 N–H and O–H groups in total. The molecule has 3 aromatic carbocycles. The van der Waals surface area contributed by atoms with Crippen molar-refractivity contribution in [1.29, 1.82) is 0 Å². The molecule has 15 heteroatoms. The van der Waals surface area contributed by atoms with Gasteiger partial charge in [0, 0.05) is 37.6 Å². The second-order valence-electron chi connectivity index (χ2n) is 14.4. The molecule has 0 atom stereocenters. The van der Waals surface area contributed by atoms with Crippen LogP contribution in [0, 0.1) is 17.2 Å². The number of primary amides is 1. The normalized spacial score (nSPS) is 13.0. The van der Waals surface area contributed by atoms with Crippen molar-refractivity contribution in [2.45, 2.75) is 92.9 Å². The minimum absolute atomic E-state index is 0. The zero-order valence-corrected chi connectivity index (χ0v) is 34.2. The molecule has 1 heterocycles. The molecule has 0 unspecified atom stereocenters. The number of aryl methyl sites for hydroxylation is 1. The van der Waals surface area contributed by atoms with Crippen molar-refractivity contribution in [1.82, 2.24) is 14.9 Å². The molecule has 0 spiro atoms. The fourth-order valence-electron chi connectivity index (χ4n) is 5.63. The van der Waals surface area contributed by atoms with Gasteiger partial charge in [-0.1, -0.05) is 114 Å². The number of allylic oxidation sites excluding steroid dienone is 1. The van der Waals surface area contributed by atoms with Crippen LogP contribution in [0.5, 0.6) is 0 Å². The Morgan fingerprint density at radius 2 is 1.62 bits per heavy atom. The van der Waals surface area contributed by atoms with Crippen molar-refractivity contribution in [3.05, 3.63) is 92.7 Å². The maximum Gasteiger partial charge on any atom is 0.391 e. The second kappa shape index (κ2) is 21.0. The molecule has 2 amide bonds. The molecule has 0 saturated heterocycles. The summed E-state index contributed by atoms with van der Waals surface area (Å²) >= 11 is 18.5. The fraction of sp³-hybridized carbons (Fsp3) is 0.439. The summed E-state index contributed by atoms with van der Waals surface area (Å²) in [6.45, 7) is 11.6. The topological polar surface area (TPSA) is 105 Å². The standard InChI is InChI=1S/C29H31Cl2FN6O2.C7H11F3.C4H7Cl.CH4/c1-29(2,3)27(40)34-14-17-8-11-20(30)25(24(17)31)36-28-35-21-12-19(26(33)39)22(13-23(21)38(28)5)37(4)15-16-6-9-18(32)10-7-16;8-7(9,10)6-4-2-1-3-5-6;1-3-4(2)5;/h6-13H,14-15H2,1-5H3,(H2,33,39)(H,34,40)(H,35,36);6H,1-5H2;2-3H2,1H3;1H4. The molecule has 8 nitrogen and oxygen atoms in total. The van der Waals surface area contributed by atoms with Crippen LogP contribution in [0.15, 0.2) is 60.1 Å². The molecular formula is C41H53Cl3F4N6O2. The Hall–Kier alpha value is -4.00. The van der Waals surface area contributed by atoms with Crippen molar-refractivity contribution in [3.63, 3.8) is 0 Å². The number of hydrogen-bond donors (Lipinski definition) is 3. The van der Waals surface area contributed by atoms with Gasteiger partial charge in [0.05, 0.1) is 43.9 Å². The van der Waals surface area contributed by atoms with E-state index in [0.717, 1.165) is 41.8 Å². The van der Waals surface area contributed by atoms with Gasteiger partial charge in [0.25, 0.3) is 5.91 Å². The Labute approximate surface area is 342 Å². The first kappa shape index (κ1) is 48.1. The van der Waals surface area contributed by atoms with E-state index in [1.54, 1.807) is 30.3 Å². The molecule has 56 heavy (non-hydrogen) atoms. The van der Waals surface area contributed by atoms with Crippen LogP contribution < -0.4 is 21.3 Å². The van der Waals surface area contributed by atoms with E-state index < -0.39 is 23.4 Å². The van der Waals surface area contributed by atoms with Gasteiger partial charge in [-0.25, -0.2) is 9.37 Å². The minimum Gasteiger partial charge on any atom is -0.370 e. The highest BCUT2D eigenvalue weighted by Gasteiger charge is 2.39. The number of anilines is 3. The van der Waals surface area contributed by atoms with Crippen LogP contribution in [0.4, 0.5) is 34.9 Å². The molecule has 0 radical (unpaired) electrons. The number of nitrogens with zero attached hydrogens (tertiary/aromatic N) is 3. The smallest absolute Gasteiger partial charge is 0.370 e. The van der Waals surface area contributed by atoms with Crippen LogP contribution in [0.3, 0.4) is 0 Å². The largest absolute Gasteiger partial charge is 0.391 e. The van der Waals surface area contributed by atoms with E-state index >= 15 is 0 Å². The van der Waals surface area contributed by atoms with E-state index in [0.29, 0.717) is 63.4 Å². The molecular weight excluding hydrogens is 791 g/mol. The summed E-state index contributed by atoms with van der Waals surface area (Å²) in [6, 6.07) is 13.1. The summed E-state index contributed by atoms with van der Waals surface area (Å²) in [5, 5.41) is 7.56. The van der Waals surface area contributed by atoms with Crippen molar-refractivity contribution >= 4 is 75.0 Å². The third-order valence-electron chi connectivity index (χ3n) is 8.99. The first-order valence-electron chi connectivity index (χ1n) is 17.8. The number of carbonyl (C=O) groups is 2. The quantitative estimate of drug-likeness (QED) is 0.146. The number of aromatic nitrogens is 2. The van der Waals surface area contributed by atoms with E-state index in [9.17, 15) is 27.2 Å². The van der Waals surface area contributed by atoms with Crippen molar-refractivity contribution in [3.8, 4) is 0 Å². The Kier molecular flexibility index (Phi) is 18.0. The predicted octanol–water partition coefficient (Wildman–Crippen LogP) is 12.1. The minimum atomic E-state index is -3.93. The van der Waals surface area contributed by atoms with E-state index in [-0.39, 0.29) is 25.7 Å². The number of halogens is 7. The molecule has 1 fully saturated rings. The first-order chi connectivity index (χ1) is 25.6. The van der Waals surface area contributed by atoms with Gasteiger partial charge in [0.1, 0.15) is 5.82 Å². The van der Waals surface area contributed by atoms with E-state index in [4.69, 9.17) is 40.5 Å². The summed E-state index contributed by atoms with van der Waals surface area (Å²) in [4.78, 5) is 31.3. The number of amides is 2. The molecule has 4 aromatic rings. The predicted molar refractivity (Wildman–Crippen MR) is 223 cm³/mol. The monoisotopic (exact) mass is 842 g/mol. The maximum atomic E-state index is 13.4. The van der Waals surface area contributed by atoms with Crippen LogP contribution in [0.1, 0.15) is 95.1 Å². The summed E-state index contributed by atoms with van der Waals surface area (Å²) in [5.74, 6) is -1.58. The number of rotatable bonds is 9. The number of hydrogen-bond acceptors (Lipinski definition) is 5. The lowest BCUT2D eigenvalue weighted by atomic mass is 9.89. The van der Waals surface area contributed by atoms with E-state index in [1.165, 1.54) is 12.1 Å². The first-order valence-corrected chi connectivity index (χ1v) is 18.9. The number of nitrogens with one attached hydrogen (secondary N) is 2. The Morgan fingerprint density at radius 1 is 1.04 bits per heavy atom. The van der Waals surface area contributed by atoms with Gasteiger partial charge in [-0.2, -0.15) is 13.2 Å². The summed E-state index contributed by atoms with van der Waals surface area (Å²) < 4.78 is 51.0. The number of carbonyl (C=O) groups excluding carboxylic acids is 2. The van der Waals surface area contributed by atoms with Gasteiger partial charge >= 0.3 is 6.18 Å². The highest BCUT2D eigenvalue weighted by Crippen LogP contribution is 2.38. The number of fused-ring (bicyclic) bond motifs is 1. The lowest BCUT2D eigenvalue weighted by Gasteiger charge is -2.23. The van der Waals surface area contributed by atoms with Gasteiger partial charge in [-0.15, -0.1) is 0 Å². The van der Waals surface area contributed by atoms with Crippen LogP contribution >= 0.6 is 34.8 Å². The molecule has 1 aromatic heterocycles. The number of imidazole rings is 1. The van der Waals surface area contributed by atoms with Gasteiger partial charge in [0.15, 0.2) is 0 Å². The van der Waals surface area contributed by atoms with Crippen molar-refractivity contribution < 1.29 is 27.2 Å². The average molecular weight is 844 g/mol. The van der Waals surface area contributed by atoms with Crippen LogP contribution in [-0.4, -0.2) is 34.6 Å². The highest BCUT2D eigenvalue weighted by molar-refractivity contribution is 6.39. The molecule has 308 valence electrons. The molecule has 1 aliphatic rings. The van der Waals surface area contributed by atoms with Crippen LogP contribution in [-0.2, 0) is 24.9 Å². The van der Waals surface area contributed by atoms with E-state index in [1.807, 2.05) is 57.3 Å². The zero-order valence-electron chi connectivity index (χ0n) is 31.9. The second-order valence-corrected chi connectivity index (χ2v) is 15.7. The van der Waals surface area contributed by atoms with Gasteiger partial charge in [-0.05, 0) is 60.7 Å². The lowest BCUT2D eigenvalue weighted by molar-refractivity contribution is -0.181. The van der Waals surface area contributed by atoms with Gasteiger partial charge in [0.2, 0.25) is 11.9 Å².